The van der Waals surface area contributed by atoms with Crippen LogP contribution < -0.4 is 0 Å². The molecule has 0 amide bonds. The van der Waals surface area contributed by atoms with Crippen molar-refractivity contribution in [1.82, 2.24) is 4.31 Å². The summed E-state index contributed by atoms with van der Waals surface area (Å²) >= 11 is 0. The van der Waals surface area contributed by atoms with Crippen LogP contribution in [0.15, 0.2) is 41.8 Å². The van der Waals surface area contributed by atoms with Crippen LogP contribution in [0.4, 0.5) is 0 Å². The zero-order valence-electron chi connectivity index (χ0n) is 16.2. The molecule has 1 aromatic carbocycles. The molecule has 0 saturated carbocycles. The molecule has 0 unspecified atom stereocenters. The average Bonchev–Trinajstić information content (AvgIpc) is 2.53. The Kier molecular flexibility index (Phi) is 9.10. The molecule has 0 aliphatic heterocycles. The molecule has 5 nitrogen and oxygen atoms in total. The van der Waals surface area contributed by atoms with Gasteiger partial charge in [-0.25, -0.2) is 8.42 Å². The zero-order valence-corrected chi connectivity index (χ0v) is 17.0. The van der Waals surface area contributed by atoms with Crippen LogP contribution in [0, 0.1) is 18.7 Å². The summed E-state index contributed by atoms with van der Waals surface area (Å²) in [5.74, 6) is 5.74. The Bertz CT molecular complexity index is 723. The minimum absolute atomic E-state index is 0.0294. The van der Waals surface area contributed by atoms with Gasteiger partial charge in [0.15, 0.2) is 0 Å². The molecule has 1 aromatic rings. The van der Waals surface area contributed by atoms with Crippen LogP contribution in [0.25, 0.3) is 0 Å². The molecular formula is C19H28BNO4S. The molecule has 1 rings (SSSR count). The quantitative estimate of drug-likeness (QED) is 0.377. The van der Waals surface area contributed by atoms with Crippen molar-refractivity contribution in [2.45, 2.75) is 51.7 Å². The number of nitrogens with zero attached hydrogens (tertiary/aromatic N) is 1. The summed E-state index contributed by atoms with van der Waals surface area (Å²) in [6, 6.07) is 6.74. The summed E-state index contributed by atoms with van der Waals surface area (Å²) < 4.78 is 38.1. The van der Waals surface area contributed by atoms with Gasteiger partial charge in [0.25, 0.3) is 0 Å². The predicted molar refractivity (Wildman–Crippen MR) is 106 cm³/mol. The third-order valence-corrected chi connectivity index (χ3v) is 5.08. The second kappa shape index (κ2) is 10.5. The van der Waals surface area contributed by atoms with Crippen LogP contribution in [0.3, 0.4) is 0 Å². The second-order valence-corrected chi connectivity index (χ2v) is 8.36. The van der Waals surface area contributed by atoms with Gasteiger partial charge in [0.2, 0.25) is 10.0 Å². The SMILES string of the molecule is C=CCN(CC#CB(OC(C)C)OC(C)C)S(=O)(=O)c1ccc(C)cc1. The fourth-order valence-electron chi connectivity index (χ4n) is 2.06. The monoisotopic (exact) mass is 377 g/mol. The van der Waals surface area contributed by atoms with E-state index < -0.39 is 17.1 Å². The third kappa shape index (κ3) is 7.34. The molecule has 142 valence electrons. The van der Waals surface area contributed by atoms with Crippen molar-refractivity contribution in [3.05, 3.63) is 42.5 Å². The lowest BCUT2D eigenvalue weighted by Crippen LogP contribution is -2.32. The number of hydrogen-bond donors (Lipinski definition) is 0. The van der Waals surface area contributed by atoms with E-state index in [4.69, 9.17) is 9.31 Å². The van der Waals surface area contributed by atoms with Crippen molar-refractivity contribution in [3.8, 4) is 11.7 Å². The Balaban J connectivity index is 2.97. The van der Waals surface area contributed by atoms with E-state index in [0.29, 0.717) is 0 Å². The van der Waals surface area contributed by atoms with Crippen molar-refractivity contribution < 1.29 is 17.7 Å². The van der Waals surface area contributed by atoms with E-state index in [0.717, 1.165) is 5.56 Å². The summed E-state index contributed by atoms with van der Waals surface area (Å²) in [7, 11) is -4.34. The molecule has 0 N–H and O–H groups in total. The topological polar surface area (TPSA) is 55.8 Å². The van der Waals surface area contributed by atoms with E-state index in [-0.39, 0.29) is 30.2 Å². The number of aryl methyl sites for hydroxylation is 1. The van der Waals surface area contributed by atoms with Crippen molar-refractivity contribution in [2.75, 3.05) is 13.1 Å². The fourth-order valence-corrected chi connectivity index (χ4v) is 3.38. The van der Waals surface area contributed by atoms with E-state index in [2.05, 4.69) is 18.3 Å². The molecule has 0 radical (unpaired) electrons. The van der Waals surface area contributed by atoms with Gasteiger partial charge in [-0.1, -0.05) is 35.5 Å². The van der Waals surface area contributed by atoms with Crippen LogP contribution in [-0.2, 0) is 19.3 Å². The lowest BCUT2D eigenvalue weighted by atomic mass is 9.90. The highest BCUT2D eigenvalue weighted by atomic mass is 32.2. The van der Waals surface area contributed by atoms with Crippen LogP contribution in [0.1, 0.15) is 33.3 Å². The highest BCUT2D eigenvalue weighted by Crippen LogP contribution is 2.16. The average molecular weight is 377 g/mol. The Morgan fingerprint density at radius 2 is 1.69 bits per heavy atom. The van der Waals surface area contributed by atoms with E-state index in [1.54, 1.807) is 30.3 Å². The molecule has 0 spiro atoms. The molecule has 0 fully saturated rings. The van der Waals surface area contributed by atoms with Crippen molar-refractivity contribution in [3.63, 3.8) is 0 Å². The predicted octanol–water partition coefficient (Wildman–Crippen LogP) is 3.05. The smallest absolute Gasteiger partial charge is 0.398 e. The standard InChI is InChI=1S/C19H28BNO4S/c1-7-14-21(26(22,23)19-11-9-18(6)10-12-19)15-8-13-20(24-16(2)3)25-17(4)5/h7,9-12,16-17H,1,14-15H2,2-6H3. The summed E-state index contributed by atoms with van der Waals surface area (Å²) in [6.07, 6.45) is 1.45. The Morgan fingerprint density at radius 3 is 2.15 bits per heavy atom. The third-order valence-electron chi connectivity index (χ3n) is 3.26. The van der Waals surface area contributed by atoms with Crippen molar-refractivity contribution >= 4 is 17.1 Å². The van der Waals surface area contributed by atoms with Crippen LogP contribution >= 0.6 is 0 Å². The molecule has 0 aliphatic carbocycles. The summed E-state index contributed by atoms with van der Waals surface area (Å²) in [4.78, 5) is 0.236. The largest absolute Gasteiger partial charge is 0.550 e. The number of rotatable bonds is 9. The van der Waals surface area contributed by atoms with E-state index >= 15 is 0 Å². The van der Waals surface area contributed by atoms with E-state index in [1.165, 1.54) is 4.31 Å². The Labute approximate surface area is 158 Å². The minimum Gasteiger partial charge on any atom is -0.398 e. The van der Waals surface area contributed by atoms with Gasteiger partial charge in [-0.2, -0.15) is 4.31 Å². The Morgan fingerprint density at radius 1 is 1.15 bits per heavy atom. The molecule has 0 saturated heterocycles. The molecule has 0 aromatic heterocycles. The van der Waals surface area contributed by atoms with Gasteiger partial charge in [-0.05, 0) is 46.8 Å². The maximum Gasteiger partial charge on any atom is 0.550 e. The molecule has 0 aliphatic rings. The van der Waals surface area contributed by atoms with Crippen LogP contribution in [0.5, 0.6) is 0 Å². The lowest BCUT2D eigenvalue weighted by Gasteiger charge is -2.18. The van der Waals surface area contributed by atoms with Crippen molar-refractivity contribution in [2.24, 2.45) is 0 Å². The van der Waals surface area contributed by atoms with Gasteiger partial charge in [0.1, 0.15) is 0 Å². The summed E-state index contributed by atoms with van der Waals surface area (Å²) in [6.45, 7) is 13.3. The number of hydrogen-bond acceptors (Lipinski definition) is 4. The van der Waals surface area contributed by atoms with E-state index in [1.807, 2.05) is 34.6 Å². The minimum atomic E-state index is -3.65. The molecular weight excluding hydrogens is 349 g/mol. The first-order valence-corrected chi connectivity index (χ1v) is 10.1. The van der Waals surface area contributed by atoms with Gasteiger partial charge in [0.05, 0.1) is 11.4 Å². The maximum atomic E-state index is 12.8. The number of benzene rings is 1. The maximum absolute atomic E-state index is 12.8. The van der Waals surface area contributed by atoms with Crippen molar-refractivity contribution in [1.29, 1.82) is 0 Å². The fraction of sp³-hybridized carbons (Fsp3) is 0.474. The molecule has 0 atom stereocenters. The van der Waals surface area contributed by atoms with Gasteiger partial charge < -0.3 is 9.31 Å². The first-order valence-electron chi connectivity index (χ1n) is 8.63. The molecule has 7 heteroatoms. The first kappa shape index (κ1) is 22.5. The summed E-state index contributed by atoms with van der Waals surface area (Å²) in [5.41, 5.74) is 0.999. The number of sulfonamides is 1. The zero-order chi connectivity index (χ0) is 19.7. The van der Waals surface area contributed by atoms with Gasteiger partial charge in [0, 0.05) is 18.8 Å². The highest BCUT2D eigenvalue weighted by molar-refractivity contribution is 7.89. The first-order chi connectivity index (χ1) is 12.2. The lowest BCUT2D eigenvalue weighted by molar-refractivity contribution is 0.140. The van der Waals surface area contributed by atoms with Crippen LogP contribution in [0.2, 0.25) is 0 Å². The van der Waals surface area contributed by atoms with Gasteiger partial charge >= 0.3 is 7.12 Å². The molecule has 0 bridgehead atoms. The molecule has 26 heavy (non-hydrogen) atoms. The Hall–Kier alpha value is -1.59. The van der Waals surface area contributed by atoms with E-state index in [9.17, 15) is 8.42 Å². The normalized spacial score (nSPS) is 11.5. The highest BCUT2D eigenvalue weighted by Gasteiger charge is 2.23. The van der Waals surface area contributed by atoms with Crippen LogP contribution in [-0.4, -0.2) is 45.1 Å². The van der Waals surface area contributed by atoms with Gasteiger partial charge in [-0.15, -0.1) is 6.58 Å². The summed E-state index contributed by atoms with van der Waals surface area (Å²) in [5, 5.41) is 0. The van der Waals surface area contributed by atoms with Gasteiger partial charge in [-0.3, -0.25) is 0 Å². The molecule has 0 heterocycles. The second-order valence-electron chi connectivity index (χ2n) is 6.42.